The molecule has 2 N–H and O–H groups in total. The number of ether oxygens (including phenoxy) is 2. The van der Waals surface area contributed by atoms with Crippen LogP contribution in [0.15, 0.2) is 72.9 Å². The molecule has 170 valence electrons. The van der Waals surface area contributed by atoms with E-state index in [1.54, 1.807) is 12.1 Å². The number of carbonyl (C=O) groups excluding carboxylic acids is 1. The number of hydrogen-bond acceptors (Lipinski definition) is 4. The second kappa shape index (κ2) is 9.50. The van der Waals surface area contributed by atoms with Crippen LogP contribution in [-0.2, 0) is 4.79 Å². The fraction of sp³-hybridized carbons (Fsp3) is 0.185. The van der Waals surface area contributed by atoms with E-state index in [4.69, 9.17) is 21.1 Å². The summed E-state index contributed by atoms with van der Waals surface area (Å²) in [6.07, 6.45) is 1.80. The van der Waals surface area contributed by atoms with Crippen LogP contribution in [0.1, 0.15) is 29.0 Å². The highest BCUT2D eigenvalue weighted by Crippen LogP contribution is 2.38. The number of nitriles is 1. The first kappa shape index (κ1) is 21.9. The predicted octanol–water partition coefficient (Wildman–Crippen LogP) is 5.17. The van der Waals surface area contributed by atoms with Crippen molar-refractivity contribution in [1.29, 1.82) is 5.26 Å². The molecule has 7 heteroatoms. The van der Waals surface area contributed by atoms with Gasteiger partial charge in [-0.1, -0.05) is 54.1 Å². The van der Waals surface area contributed by atoms with Crippen molar-refractivity contribution < 1.29 is 14.3 Å². The fourth-order valence-corrected chi connectivity index (χ4v) is 4.62. The van der Waals surface area contributed by atoms with E-state index < -0.39 is 0 Å². The number of nitrogens with one attached hydrogen (secondary N) is 2. The van der Waals surface area contributed by atoms with Gasteiger partial charge in [0.05, 0.1) is 17.1 Å². The minimum atomic E-state index is -0.332. The molecule has 0 saturated heterocycles. The number of benzene rings is 3. The van der Waals surface area contributed by atoms with Crippen LogP contribution in [0, 0.1) is 11.3 Å². The number of aromatic nitrogens is 1. The van der Waals surface area contributed by atoms with Crippen LogP contribution in [0.5, 0.6) is 11.5 Å². The number of para-hydroxylation sites is 3. The Morgan fingerprint density at radius 2 is 1.88 bits per heavy atom. The molecule has 4 aromatic rings. The number of rotatable bonds is 6. The zero-order valence-corrected chi connectivity index (χ0v) is 19.0. The van der Waals surface area contributed by atoms with Crippen molar-refractivity contribution in [2.75, 3.05) is 13.2 Å². The molecular weight excluding hydrogens is 450 g/mol. The molecule has 0 aliphatic carbocycles. The van der Waals surface area contributed by atoms with Crippen LogP contribution in [0.3, 0.4) is 0 Å². The first-order valence-corrected chi connectivity index (χ1v) is 11.4. The van der Waals surface area contributed by atoms with E-state index in [0.717, 1.165) is 22.0 Å². The number of halogens is 1. The number of amides is 1. The Balaban J connectivity index is 1.37. The first-order chi connectivity index (χ1) is 16.6. The highest BCUT2D eigenvalue weighted by molar-refractivity contribution is 6.32. The summed E-state index contributed by atoms with van der Waals surface area (Å²) in [4.78, 5) is 16.4. The van der Waals surface area contributed by atoms with Crippen molar-refractivity contribution in [2.24, 2.45) is 0 Å². The summed E-state index contributed by atoms with van der Waals surface area (Å²) in [5.41, 5.74) is 3.05. The van der Waals surface area contributed by atoms with Gasteiger partial charge in [0.1, 0.15) is 18.8 Å². The number of H-pyrrole nitrogens is 1. The van der Waals surface area contributed by atoms with Crippen LogP contribution in [0.25, 0.3) is 10.9 Å². The molecule has 0 bridgehead atoms. The van der Waals surface area contributed by atoms with E-state index in [1.165, 1.54) is 0 Å². The number of fused-ring (bicyclic) bond motifs is 2. The Hall–Kier alpha value is -3.95. The van der Waals surface area contributed by atoms with Crippen LogP contribution in [-0.4, -0.2) is 30.1 Å². The molecule has 0 saturated carbocycles. The second-order valence-electron chi connectivity index (χ2n) is 8.17. The molecule has 1 aliphatic rings. The summed E-state index contributed by atoms with van der Waals surface area (Å²) in [5, 5.41) is 13.8. The van der Waals surface area contributed by atoms with Crippen molar-refractivity contribution in [2.45, 2.75) is 18.4 Å². The maximum absolute atomic E-state index is 13.1. The minimum Gasteiger partial charge on any atom is -0.486 e. The quantitative estimate of drug-likeness (QED) is 0.406. The van der Waals surface area contributed by atoms with Crippen molar-refractivity contribution in [3.8, 4) is 17.6 Å². The lowest BCUT2D eigenvalue weighted by molar-refractivity contribution is -0.121. The van der Waals surface area contributed by atoms with Gasteiger partial charge >= 0.3 is 0 Å². The lowest BCUT2D eigenvalue weighted by Gasteiger charge is -2.27. The SMILES string of the molecule is N#Cc1cccc(C(CC(=O)NCC2COc3ccccc3O2)c2c[nH]c3ccccc23)c1Cl. The molecule has 6 nitrogen and oxygen atoms in total. The van der Waals surface area contributed by atoms with Crippen LogP contribution < -0.4 is 14.8 Å². The Morgan fingerprint density at radius 3 is 2.74 bits per heavy atom. The smallest absolute Gasteiger partial charge is 0.221 e. The Kier molecular flexibility index (Phi) is 6.11. The molecule has 2 heterocycles. The minimum absolute atomic E-state index is 0.142. The Labute approximate surface area is 202 Å². The molecular formula is C27H22ClN3O3. The largest absolute Gasteiger partial charge is 0.486 e. The second-order valence-corrected chi connectivity index (χ2v) is 8.55. The van der Waals surface area contributed by atoms with Crippen molar-refractivity contribution in [3.05, 3.63) is 94.6 Å². The molecule has 1 aromatic heterocycles. The topological polar surface area (TPSA) is 87.1 Å². The van der Waals surface area contributed by atoms with Crippen molar-refractivity contribution >= 4 is 28.4 Å². The predicted molar refractivity (Wildman–Crippen MR) is 130 cm³/mol. The van der Waals surface area contributed by atoms with E-state index in [1.807, 2.05) is 60.8 Å². The molecule has 0 radical (unpaired) electrons. The summed E-state index contributed by atoms with van der Waals surface area (Å²) in [6.45, 7) is 0.680. The van der Waals surface area contributed by atoms with Gasteiger partial charge in [-0.15, -0.1) is 0 Å². The zero-order valence-electron chi connectivity index (χ0n) is 18.3. The van der Waals surface area contributed by atoms with Gasteiger partial charge < -0.3 is 19.8 Å². The third kappa shape index (κ3) is 4.30. The van der Waals surface area contributed by atoms with Gasteiger partial charge in [-0.3, -0.25) is 4.79 Å². The molecule has 5 rings (SSSR count). The summed E-state index contributed by atoms with van der Waals surface area (Å²) < 4.78 is 11.7. The molecule has 1 amide bonds. The van der Waals surface area contributed by atoms with E-state index in [2.05, 4.69) is 16.4 Å². The van der Waals surface area contributed by atoms with Crippen LogP contribution in [0.4, 0.5) is 0 Å². The van der Waals surface area contributed by atoms with Gasteiger partial charge in [-0.2, -0.15) is 5.26 Å². The van der Waals surface area contributed by atoms with Crippen LogP contribution in [0.2, 0.25) is 5.02 Å². The van der Waals surface area contributed by atoms with Crippen LogP contribution >= 0.6 is 11.6 Å². The van der Waals surface area contributed by atoms with Gasteiger partial charge in [0.2, 0.25) is 5.91 Å². The molecule has 2 atom stereocenters. The van der Waals surface area contributed by atoms with Gasteiger partial charge in [0.15, 0.2) is 11.5 Å². The van der Waals surface area contributed by atoms with Gasteiger partial charge in [0.25, 0.3) is 0 Å². The summed E-state index contributed by atoms with van der Waals surface area (Å²) >= 11 is 6.60. The summed E-state index contributed by atoms with van der Waals surface area (Å²) in [5.74, 6) is 0.902. The molecule has 0 fully saturated rings. The van der Waals surface area contributed by atoms with Crippen molar-refractivity contribution in [3.63, 3.8) is 0 Å². The normalized spacial score (nSPS) is 15.5. The van der Waals surface area contributed by atoms with Gasteiger partial charge in [-0.05, 0) is 35.4 Å². The standard InChI is InChI=1S/C27H22ClN3O3/c28-27-17(13-29)6-5-8-20(27)21(22-15-30-23-9-2-1-7-19(22)23)12-26(32)31-14-18-16-33-24-10-3-4-11-25(24)34-18/h1-11,15,18,21,30H,12,14,16H2,(H,31,32). The zero-order chi connectivity index (χ0) is 23.5. The fourth-order valence-electron chi connectivity index (χ4n) is 4.32. The monoisotopic (exact) mass is 471 g/mol. The number of hydrogen-bond donors (Lipinski definition) is 2. The number of aromatic amines is 1. The number of nitrogens with zero attached hydrogens (tertiary/aromatic N) is 1. The number of carbonyl (C=O) groups is 1. The highest BCUT2D eigenvalue weighted by Gasteiger charge is 2.26. The maximum Gasteiger partial charge on any atom is 0.221 e. The molecule has 0 spiro atoms. The van der Waals surface area contributed by atoms with E-state index >= 15 is 0 Å². The summed E-state index contributed by atoms with van der Waals surface area (Å²) in [6, 6.07) is 22.9. The Bertz CT molecular complexity index is 1390. The van der Waals surface area contributed by atoms with Gasteiger partial charge in [0, 0.05) is 29.4 Å². The van der Waals surface area contributed by atoms with E-state index in [0.29, 0.717) is 35.2 Å². The molecule has 1 aliphatic heterocycles. The first-order valence-electron chi connectivity index (χ1n) is 11.0. The Morgan fingerprint density at radius 1 is 1.09 bits per heavy atom. The van der Waals surface area contributed by atoms with E-state index in [9.17, 15) is 10.1 Å². The molecule has 34 heavy (non-hydrogen) atoms. The lowest BCUT2D eigenvalue weighted by atomic mass is 9.87. The lowest BCUT2D eigenvalue weighted by Crippen LogP contribution is -2.41. The average molecular weight is 472 g/mol. The third-order valence-corrected chi connectivity index (χ3v) is 6.43. The third-order valence-electron chi connectivity index (χ3n) is 6.01. The average Bonchev–Trinajstić information content (AvgIpc) is 3.30. The van der Waals surface area contributed by atoms with Gasteiger partial charge in [-0.25, -0.2) is 0 Å². The van der Waals surface area contributed by atoms with E-state index in [-0.39, 0.29) is 24.3 Å². The van der Waals surface area contributed by atoms with Crippen molar-refractivity contribution in [1.82, 2.24) is 10.3 Å². The molecule has 3 aromatic carbocycles. The molecule has 2 unspecified atom stereocenters. The maximum atomic E-state index is 13.1. The highest BCUT2D eigenvalue weighted by atomic mass is 35.5. The summed E-state index contributed by atoms with van der Waals surface area (Å²) in [7, 11) is 0.